The standard InChI is InChI=1S/C21H22ClNO4/c22-18-9-16(10-19-21(18)27-7-6-26-19)11-20(24)23-17-3-1-2-15(8-17)13-25-12-14-4-5-14/h1-3,8-10,14H,4-7,11-13H2,(H,23,24). The van der Waals surface area contributed by atoms with Crippen molar-refractivity contribution in [3.63, 3.8) is 0 Å². The highest BCUT2D eigenvalue weighted by Crippen LogP contribution is 2.38. The van der Waals surface area contributed by atoms with Gasteiger partial charge in [-0.3, -0.25) is 4.79 Å². The number of halogens is 1. The Labute approximate surface area is 163 Å². The van der Waals surface area contributed by atoms with Crippen molar-refractivity contribution in [1.82, 2.24) is 0 Å². The molecule has 4 rings (SSSR count). The number of ether oxygens (including phenoxy) is 3. The minimum atomic E-state index is -0.112. The Morgan fingerprint density at radius 3 is 2.85 bits per heavy atom. The fraction of sp³-hybridized carbons (Fsp3) is 0.381. The highest BCUT2D eigenvalue weighted by molar-refractivity contribution is 6.32. The summed E-state index contributed by atoms with van der Waals surface area (Å²) in [6.07, 6.45) is 2.76. The lowest BCUT2D eigenvalue weighted by Gasteiger charge is -2.20. The van der Waals surface area contributed by atoms with E-state index in [9.17, 15) is 4.79 Å². The number of fused-ring (bicyclic) bond motifs is 1. The smallest absolute Gasteiger partial charge is 0.228 e. The molecular weight excluding hydrogens is 366 g/mol. The van der Waals surface area contributed by atoms with Crippen LogP contribution in [-0.4, -0.2) is 25.7 Å². The first kappa shape index (κ1) is 18.1. The summed E-state index contributed by atoms with van der Waals surface area (Å²) in [5, 5.41) is 3.40. The zero-order chi connectivity index (χ0) is 18.6. The molecule has 1 fully saturated rings. The first-order chi connectivity index (χ1) is 13.2. The van der Waals surface area contributed by atoms with Gasteiger partial charge < -0.3 is 19.5 Å². The maximum atomic E-state index is 12.4. The van der Waals surface area contributed by atoms with Crippen LogP contribution in [0.1, 0.15) is 24.0 Å². The molecule has 0 radical (unpaired) electrons. The summed E-state index contributed by atoms with van der Waals surface area (Å²) in [6, 6.07) is 11.3. The number of hydrogen-bond donors (Lipinski definition) is 1. The minimum Gasteiger partial charge on any atom is -0.486 e. The molecule has 1 aliphatic carbocycles. The van der Waals surface area contributed by atoms with E-state index in [-0.39, 0.29) is 12.3 Å². The number of amides is 1. The van der Waals surface area contributed by atoms with Gasteiger partial charge in [-0.15, -0.1) is 0 Å². The van der Waals surface area contributed by atoms with Crippen LogP contribution in [0, 0.1) is 5.92 Å². The average molecular weight is 388 g/mol. The maximum absolute atomic E-state index is 12.4. The monoisotopic (exact) mass is 387 g/mol. The van der Waals surface area contributed by atoms with Crippen molar-refractivity contribution in [3.8, 4) is 11.5 Å². The van der Waals surface area contributed by atoms with E-state index in [1.54, 1.807) is 6.07 Å². The molecule has 1 aliphatic heterocycles. The molecular formula is C21H22ClNO4. The Hall–Kier alpha value is -2.24. The van der Waals surface area contributed by atoms with E-state index in [0.29, 0.717) is 36.3 Å². The normalized spacial score (nSPS) is 15.4. The van der Waals surface area contributed by atoms with Gasteiger partial charge in [-0.05, 0) is 54.2 Å². The van der Waals surface area contributed by atoms with E-state index in [0.717, 1.165) is 29.3 Å². The lowest BCUT2D eigenvalue weighted by molar-refractivity contribution is -0.115. The van der Waals surface area contributed by atoms with Crippen LogP contribution in [-0.2, 0) is 22.6 Å². The Balaban J connectivity index is 1.35. The first-order valence-corrected chi connectivity index (χ1v) is 9.60. The lowest BCUT2D eigenvalue weighted by atomic mass is 10.1. The van der Waals surface area contributed by atoms with Crippen molar-refractivity contribution in [2.24, 2.45) is 5.92 Å². The molecule has 0 aromatic heterocycles. The Bertz CT molecular complexity index is 835. The second kappa shape index (κ2) is 8.19. The number of carbonyl (C=O) groups is 1. The van der Waals surface area contributed by atoms with Gasteiger partial charge >= 0.3 is 0 Å². The number of anilines is 1. The van der Waals surface area contributed by atoms with Gasteiger partial charge in [-0.2, -0.15) is 0 Å². The molecule has 6 heteroatoms. The number of rotatable bonds is 7. The Morgan fingerprint density at radius 1 is 1.15 bits per heavy atom. The predicted octanol–water partition coefficient (Wildman–Crippen LogP) is 4.22. The maximum Gasteiger partial charge on any atom is 0.228 e. The second-order valence-electron chi connectivity index (χ2n) is 6.99. The van der Waals surface area contributed by atoms with Gasteiger partial charge in [0.2, 0.25) is 5.91 Å². The fourth-order valence-corrected chi connectivity index (χ4v) is 3.31. The van der Waals surface area contributed by atoms with Gasteiger partial charge in [-0.1, -0.05) is 23.7 Å². The third-order valence-corrected chi connectivity index (χ3v) is 4.83. The van der Waals surface area contributed by atoms with Crippen molar-refractivity contribution in [3.05, 3.63) is 52.5 Å². The zero-order valence-electron chi connectivity index (χ0n) is 15.0. The summed E-state index contributed by atoms with van der Waals surface area (Å²) in [5.41, 5.74) is 2.60. The molecule has 0 unspecified atom stereocenters. The van der Waals surface area contributed by atoms with Crippen LogP contribution in [0.15, 0.2) is 36.4 Å². The topological polar surface area (TPSA) is 56.8 Å². The van der Waals surface area contributed by atoms with E-state index in [4.69, 9.17) is 25.8 Å². The summed E-state index contributed by atoms with van der Waals surface area (Å²) < 4.78 is 16.8. The van der Waals surface area contributed by atoms with Crippen LogP contribution in [0.25, 0.3) is 0 Å². The summed E-state index contributed by atoms with van der Waals surface area (Å²) in [6.45, 7) is 2.35. The van der Waals surface area contributed by atoms with Crippen LogP contribution < -0.4 is 14.8 Å². The third kappa shape index (κ3) is 4.93. The van der Waals surface area contributed by atoms with Crippen molar-refractivity contribution in [2.45, 2.75) is 25.9 Å². The van der Waals surface area contributed by atoms with E-state index in [2.05, 4.69) is 5.32 Å². The molecule has 27 heavy (non-hydrogen) atoms. The number of carbonyl (C=O) groups excluding carboxylic acids is 1. The SMILES string of the molecule is O=C(Cc1cc(Cl)c2c(c1)OCCO2)Nc1cccc(COCC2CC2)c1. The van der Waals surface area contributed by atoms with Gasteiger partial charge in [0.25, 0.3) is 0 Å². The highest BCUT2D eigenvalue weighted by atomic mass is 35.5. The van der Waals surface area contributed by atoms with Gasteiger partial charge in [0.1, 0.15) is 13.2 Å². The van der Waals surface area contributed by atoms with Gasteiger partial charge in [0.05, 0.1) is 18.1 Å². The summed E-state index contributed by atoms with van der Waals surface area (Å²) in [7, 11) is 0. The fourth-order valence-electron chi connectivity index (χ4n) is 3.02. The van der Waals surface area contributed by atoms with Crippen LogP contribution in [0.5, 0.6) is 11.5 Å². The molecule has 0 bridgehead atoms. The Morgan fingerprint density at radius 2 is 2.00 bits per heavy atom. The predicted molar refractivity (Wildman–Crippen MR) is 104 cm³/mol. The van der Waals surface area contributed by atoms with Crippen LogP contribution in [0.3, 0.4) is 0 Å². The van der Waals surface area contributed by atoms with E-state index >= 15 is 0 Å². The molecule has 142 valence electrons. The number of benzene rings is 2. The Kier molecular flexibility index (Phi) is 5.50. The minimum absolute atomic E-state index is 0.112. The number of hydrogen-bond acceptors (Lipinski definition) is 4. The van der Waals surface area contributed by atoms with Crippen molar-refractivity contribution in [2.75, 3.05) is 25.1 Å². The van der Waals surface area contributed by atoms with E-state index in [1.807, 2.05) is 30.3 Å². The first-order valence-electron chi connectivity index (χ1n) is 9.22. The zero-order valence-corrected chi connectivity index (χ0v) is 15.8. The molecule has 1 N–H and O–H groups in total. The highest BCUT2D eigenvalue weighted by Gasteiger charge is 2.21. The summed E-state index contributed by atoms with van der Waals surface area (Å²) in [5.74, 6) is 1.77. The molecule has 2 aromatic rings. The lowest BCUT2D eigenvalue weighted by Crippen LogP contribution is -2.17. The molecule has 2 aromatic carbocycles. The van der Waals surface area contributed by atoms with Gasteiger partial charge in [0.15, 0.2) is 11.5 Å². The average Bonchev–Trinajstić information content (AvgIpc) is 3.46. The van der Waals surface area contributed by atoms with Crippen molar-refractivity contribution >= 4 is 23.2 Å². The van der Waals surface area contributed by atoms with Crippen molar-refractivity contribution < 1.29 is 19.0 Å². The van der Waals surface area contributed by atoms with E-state index < -0.39 is 0 Å². The molecule has 0 spiro atoms. The molecule has 1 amide bonds. The van der Waals surface area contributed by atoms with Gasteiger partial charge in [-0.25, -0.2) is 0 Å². The molecule has 1 heterocycles. The van der Waals surface area contributed by atoms with Crippen LogP contribution in [0.4, 0.5) is 5.69 Å². The van der Waals surface area contributed by atoms with Crippen LogP contribution in [0.2, 0.25) is 5.02 Å². The van der Waals surface area contributed by atoms with Crippen molar-refractivity contribution in [1.29, 1.82) is 0 Å². The summed E-state index contributed by atoms with van der Waals surface area (Å²) in [4.78, 5) is 12.4. The molecule has 5 nitrogen and oxygen atoms in total. The molecule has 0 saturated heterocycles. The van der Waals surface area contributed by atoms with Crippen LogP contribution >= 0.6 is 11.6 Å². The summed E-state index contributed by atoms with van der Waals surface area (Å²) >= 11 is 6.24. The largest absolute Gasteiger partial charge is 0.486 e. The second-order valence-corrected chi connectivity index (χ2v) is 7.39. The molecule has 2 aliphatic rings. The van der Waals surface area contributed by atoms with E-state index in [1.165, 1.54) is 12.8 Å². The third-order valence-electron chi connectivity index (χ3n) is 4.55. The van der Waals surface area contributed by atoms with Gasteiger partial charge in [0, 0.05) is 12.3 Å². The molecule has 0 atom stereocenters. The quantitative estimate of drug-likeness (QED) is 0.772. The molecule has 1 saturated carbocycles. The number of nitrogens with one attached hydrogen (secondary N) is 1.